The van der Waals surface area contributed by atoms with Gasteiger partial charge in [-0.2, -0.15) is 13.2 Å². The first-order chi connectivity index (χ1) is 10.9. The molecular formula is C14H9F4NO4S. The maximum atomic E-state index is 13.4. The number of sulfonamides is 1. The average molecular weight is 363 g/mol. The monoisotopic (exact) mass is 363 g/mol. The predicted molar refractivity (Wildman–Crippen MR) is 75.2 cm³/mol. The molecule has 0 aliphatic heterocycles. The zero-order chi connectivity index (χ0) is 18.3. The number of benzene rings is 2. The molecule has 0 radical (unpaired) electrons. The Morgan fingerprint density at radius 3 is 2.25 bits per heavy atom. The highest BCUT2D eigenvalue weighted by atomic mass is 32.2. The minimum absolute atomic E-state index is 0.339. The van der Waals surface area contributed by atoms with Crippen molar-refractivity contribution in [2.45, 2.75) is 11.1 Å². The minimum atomic E-state index is -5.04. The third-order valence-corrected chi connectivity index (χ3v) is 4.08. The summed E-state index contributed by atoms with van der Waals surface area (Å²) in [7, 11) is -4.43. The van der Waals surface area contributed by atoms with Crippen molar-refractivity contribution >= 4 is 16.0 Å². The van der Waals surface area contributed by atoms with Crippen LogP contribution in [-0.2, 0) is 16.2 Å². The van der Waals surface area contributed by atoms with E-state index in [0.29, 0.717) is 12.1 Å². The molecule has 0 aliphatic rings. The van der Waals surface area contributed by atoms with Gasteiger partial charge in [0, 0.05) is 5.56 Å². The second kappa shape index (κ2) is 5.87. The molecule has 0 saturated heterocycles. The zero-order valence-corrected chi connectivity index (χ0v) is 12.5. The summed E-state index contributed by atoms with van der Waals surface area (Å²) in [6.07, 6.45) is -5.04. The molecule has 5 nitrogen and oxygen atoms in total. The lowest BCUT2D eigenvalue weighted by molar-refractivity contribution is -0.139. The highest BCUT2D eigenvalue weighted by molar-refractivity contribution is 7.89. The lowest BCUT2D eigenvalue weighted by Gasteiger charge is -2.14. The van der Waals surface area contributed by atoms with Crippen LogP contribution in [0.3, 0.4) is 0 Å². The third kappa shape index (κ3) is 3.39. The van der Waals surface area contributed by atoms with Crippen LogP contribution >= 0.6 is 0 Å². The summed E-state index contributed by atoms with van der Waals surface area (Å²) in [4.78, 5) is 10.6. The number of hydrogen-bond acceptors (Lipinski definition) is 3. The van der Waals surface area contributed by atoms with Crippen LogP contribution in [-0.4, -0.2) is 19.5 Å². The molecule has 2 rings (SSSR count). The quantitative estimate of drug-likeness (QED) is 0.820. The van der Waals surface area contributed by atoms with E-state index in [9.17, 15) is 30.8 Å². The maximum absolute atomic E-state index is 13.4. The van der Waals surface area contributed by atoms with Gasteiger partial charge in [0.2, 0.25) is 10.0 Å². The van der Waals surface area contributed by atoms with Gasteiger partial charge in [-0.15, -0.1) is 0 Å². The summed E-state index contributed by atoms with van der Waals surface area (Å²) < 4.78 is 75.2. The molecule has 0 fully saturated rings. The van der Waals surface area contributed by atoms with Crippen LogP contribution < -0.4 is 5.14 Å². The number of carboxylic acid groups (broad SMARTS) is 1. The lowest BCUT2D eigenvalue weighted by atomic mass is 9.97. The van der Waals surface area contributed by atoms with Crippen molar-refractivity contribution in [3.63, 3.8) is 0 Å². The Morgan fingerprint density at radius 1 is 1.12 bits per heavy atom. The Bertz CT molecular complexity index is 923. The van der Waals surface area contributed by atoms with E-state index in [1.165, 1.54) is 0 Å². The van der Waals surface area contributed by atoms with E-state index in [2.05, 4.69) is 0 Å². The zero-order valence-electron chi connectivity index (χ0n) is 11.6. The molecule has 0 spiro atoms. The Hall–Kier alpha value is -2.46. The third-order valence-electron chi connectivity index (χ3n) is 3.12. The van der Waals surface area contributed by atoms with Crippen LogP contribution in [0.25, 0.3) is 11.1 Å². The summed E-state index contributed by atoms with van der Waals surface area (Å²) in [5.74, 6) is -3.15. The van der Waals surface area contributed by atoms with Gasteiger partial charge in [0.25, 0.3) is 0 Å². The molecule has 0 amide bonds. The number of halogens is 4. The lowest BCUT2D eigenvalue weighted by Crippen LogP contribution is -2.16. The maximum Gasteiger partial charge on any atom is 0.419 e. The largest absolute Gasteiger partial charge is 0.478 e. The normalized spacial score (nSPS) is 12.2. The summed E-state index contributed by atoms with van der Waals surface area (Å²) in [6, 6.07) is 4.70. The Morgan fingerprint density at radius 2 is 1.75 bits per heavy atom. The molecule has 0 atom stereocenters. The Balaban J connectivity index is 2.89. The highest BCUT2D eigenvalue weighted by Crippen LogP contribution is 2.37. The van der Waals surface area contributed by atoms with Crippen LogP contribution in [0.15, 0.2) is 41.3 Å². The molecule has 3 N–H and O–H groups in total. The molecule has 10 heteroatoms. The minimum Gasteiger partial charge on any atom is -0.478 e. The van der Waals surface area contributed by atoms with Gasteiger partial charge in [0.15, 0.2) is 0 Å². The van der Waals surface area contributed by atoms with Crippen LogP contribution in [0, 0.1) is 5.82 Å². The van der Waals surface area contributed by atoms with E-state index >= 15 is 0 Å². The number of hydrogen-bond donors (Lipinski definition) is 2. The van der Waals surface area contributed by atoms with Gasteiger partial charge in [0.05, 0.1) is 16.0 Å². The molecular weight excluding hydrogens is 354 g/mol. The predicted octanol–water partition coefficient (Wildman–Crippen LogP) is 2.86. The van der Waals surface area contributed by atoms with Crippen LogP contribution in [0.5, 0.6) is 0 Å². The van der Waals surface area contributed by atoms with Crippen molar-refractivity contribution in [1.82, 2.24) is 0 Å². The highest BCUT2D eigenvalue weighted by Gasteiger charge is 2.35. The van der Waals surface area contributed by atoms with Crippen molar-refractivity contribution < 1.29 is 35.9 Å². The first-order valence-electron chi connectivity index (χ1n) is 6.19. The van der Waals surface area contributed by atoms with Crippen LogP contribution in [0.2, 0.25) is 0 Å². The van der Waals surface area contributed by atoms with E-state index in [4.69, 9.17) is 10.2 Å². The second-order valence-electron chi connectivity index (χ2n) is 4.72. The van der Waals surface area contributed by atoms with Crippen LogP contribution in [0.1, 0.15) is 15.9 Å². The van der Waals surface area contributed by atoms with E-state index in [-0.39, 0.29) is 0 Å². The van der Waals surface area contributed by atoms with Gasteiger partial charge in [-0.3, -0.25) is 0 Å². The van der Waals surface area contributed by atoms with E-state index in [1.807, 2.05) is 0 Å². The number of primary sulfonamides is 1. The SMILES string of the molecule is NS(=O)(=O)c1cccc(C(=O)O)c1-c1ccc(F)c(C(F)(F)F)c1. The first kappa shape index (κ1) is 17.9. The fourth-order valence-corrected chi connectivity index (χ4v) is 2.92. The molecule has 0 unspecified atom stereocenters. The van der Waals surface area contributed by atoms with E-state index in [0.717, 1.165) is 24.3 Å². The van der Waals surface area contributed by atoms with Crippen molar-refractivity contribution in [2.24, 2.45) is 5.14 Å². The summed E-state index contributed by atoms with van der Waals surface area (Å²) in [6.45, 7) is 0. The molecule has 0 aliphatic carbocycles. The Kier molecular flexibility index (Phi) is 4.38. The fraction of sp³-hybridized carbons (Fsp3) is 0.0714. The molecule has 0 saturated carbocycles. The average Bonchev–Trinajstić information content (AvgIpc) is 2.44. The van der Waals surface area contributed by atoms with E-state index in [1.54, 1.807) is 0 Å². The van der Waals surface area contributed by atoms with Crippen molar-refractivity contribution in [3.8, 4) is 11.1 Å². The van der Waals surface area contributed by atoms with Gasteiger partial charge in [0.1, 0.15) is 5.82 Å². The number of carbonyl (C=O) groups is 1. The Labute approximate surface area is 133 Å². The van der Waals surface area contributed by atoms with Gasteiger partial charge in [-0.05, 0) is 29.8 Å². The van der Waals surface area contributed by atoms with Crippen molar-refractivity contribution in [3.05, 3.63) is 53.3 Å². The number of aromatic carboxylic acids is 1. The fourth-order valence-electron chi connectivity index (χ4n) is 2.14. The molecule has 2 aromatic carbocycles. The van der Waals surface area contributed by atoms with Gasteiger partial charge < -0.3 is 5.11 Å². The van der Waals surface area contributed by atoms with Gasteiger partial charge >= 0.3 is 12.1 Å². The van der Waals surface area contributed by atoms with E-state index < -0.39 is 55.1 Å². The number of rotatable bonds is 3. The van der Waals surface area contributed by atoms with Gasteiger partial charge in [-0.1, -0.05) is 12.1 Å². The second-order valence-corrected chi connectivity index (χ2v) is 6.25. The standard InChI is InChI=1S/C14H9F4NO4S/c15-10-5-4-7(6-9(10)14(16,17)18)12-8(13(20)21)2-1-3-11(12)24(19,22)23/h1-6H,(H,20,21)(H2,19,22,23). The van der Waals surface area contributed by atoms with Crippen molar-refractivity contribution in [2.75, 3.05) is 0 Å². The smallest absolute Gasteiger partial charge is 0.419 e. The molecule has 0 bridgehead atoms. The summed E-state index contributed by atoms with van der Waals surface area (Å²) in [5, 5.41) is 14.2. The number of carboxylic acids is 1. The molecule has 2 aromatic rings. The molecule has 0 heterocycles. The summed E-state index contributed by atoms with van der Waals surface area (Å²) in [5.41, 5.74) is -3.22. The number of nitrogens with two attached hydrogens (primary N) is 1. The summed E-state index contributed by atoms with van der Waals surface area (Å²) >= 11 is 0. The molecule has 0 aromatic heterocycles. The van der Waals surface area contributed by atoms with Crippen LogP contribution in [0.4, 0.5) is 17.6 Å². The number of alkyl halides is 3. The van der Waals surface area contributed by atoms with Gasteiger partial charge in [-0.25, -0.2) is 22.7 Å². The molecule has 24 heavy (non-hydrogen) atoms. The topological polar surface area (TPSA) is 97.5 Å². The van der Waals surface area contributed by atoms with Crippen molar-refractivity contribution in [1.29, 1.82) is 0 Å². The first-order valence-corrected chi connectivity index (χ1v) is 7.74. The molecule has 128 valence electrons.